The summed E-state index contributed by atoms with van der Waals surface area (Å²) in [6.07, 6.45) is 1.86. The van der Waals surface area contributed by atoms with Crippen molar-refractivity contribution in [2.45, 2.75) is 23.5 Å². The number of thioether (sulfide) groups is 1. The van der Waals surface area contributed by atoms with E-state index in [2.05, 4.69) is 14.5 Å². The van der Waals surface area contributed by atoms with Crippen molar-refractivity contribution < 1.29 is 19.1 Å². The van der Waals surface area contributed by atoms with Gasteiger partial charge < -0.3 is 9.47 Å². The quantitative estimate of drug-likeness (QED) is 0.601. The van der Waals surface area contributed by atoms with Gasteiger partial charge in [-0.2, -0.15) is 0 Å². The molecule has 1 rings (SSSR count). The van der Waals surface area contributed by atoms with Crippen molar-refractivity contribution >= 4 is 23.7 Å². The van der Waals surface area contributed by atoms with Crippen molar-refractivity contribution in [2.75, 3.05) is 14.2 Å². The van der Waals surface area contributed by atoms with Gasteiger partial charge in [0.2, 0.25) is 0 Å². The zero-order chi connectivity index (χ0) is 13.5. The van der Waals surface area contributed by atoms with Crippen LogP contribution in [0.1, 0.15) is 23.8 Å². The van der Waals surface area contributed by atoms with Gasteiger partial charge in [0, 0.05) is 16.3 Å². The van der Waals surface area contributed by atoms with E-state index in [1.165, 1.54) is 26.0 Å². The maximum Gasteiger partial charge on any atom is 0.356 e. The van der Waals surface area contributed by atoms with Crippen molar-refractivity contribution in [2.24, 2.45) is 0 Å². The van der Waals surface area contributed by atoms with Crippen LogP contribution in [0.3, 0.4) is 0 Å². The molecular formula is C12H15NO4S. The van der Waals surface area contributed by atoms with Crippen LogP contribution in [-0.2, 0) is 14.3 Å². The summed E-state index contributed by atoms with van der Waals surface area (Å²) in [4.78, 5) is 27.2. The molecule has 0 bridgehead atoms. The van der Waals surface area contributed by atoms with E-state index in [1.54, 1.807) is 18.3 Å². The zero-order valence-corrected chi connectivity index (χ0v) is 11.3. The molecule has 18 heavy (non-hydrogen) atoms. The van der Waals surface area contributed by atoms with Gasteiger partial charge >= 0.3 is 11.9 Å². The highest BCUT2D eigenvalue weighted by atomic mass is 32.2. The average molecular weight is 269 g/mol. The Kier molecular flexibility index (Phi) is 5.64. The minimum absolute atomic E-state index is 0.0605. The van der Waals surface area contributed by atoms with E-state index < -0.39 is 5.97 Å². The monoisotopic (exact) mass is 269 g/mol. The molecule has 1 aromatic heterocycles. The normalized spacial score (nSPS) is 11.7. The van der Waals surface area contributed by atoms with Gasteiger partial charge in [-0.25, -0.2) is 9.78 Å². The molecule has 1 aromatic rings. The first-order valence-electron chi connectivity index (χ1n) is 5.34. The highest BCUT2D eigenvalue weighted by Crippen LogP contribution is 2.25. The second-order valence-corrected chi connectivity index (χ2v) is 5.09. The van der Waals surface area contributed by atoms with Crippen LogP contribution in [0.5, 0.6) is 0 Å². The minimum Gasteiger partial charge on any atom is -0.469 e. The third-order valence-corrected chi connectivity index (χ3v) is 3.24. The molecule has 0 radical (unpaired) electrons. The fourth-order valence-corrected chi connectivity index (χ4v) is 2.30. The first-order valence-corrected chi connectivity index (χ1v) is 6.22. The van der Waals surface area contributed by atoms with E-state index in [0.29, 0.717) is 6.42 Å². The second-order valence-electron chi connectivity index (χ2n) is 3.58. The van der Waals surface area contributed by atoms with Crippen LogP contribution in [0.25, 0.3) is 0 Å². The third kappa shape index (κ3) is 4.37. The smallest absolute Gasteiger partial charge is 0.356 e. The molecule has 1 unspecified atom stereocenters. The third-order valence-electron chi connectivity index (χ3n) is 2.14. The summed E-state index contributed by atoms with van der Waals surface area (Å²) in [6.45, 7) is 1.92. The predicted molar refractivity (Wildman–Crippen MR) is 67.5 cm³/mol. The number of aromatic nitrogens is 1. The largest absolute Gasteiger partial charge is 0.469 e. The van der Waals surface area contributed by atoms with Gasteiger partial charge in [0.05, 0.1) is 20.6 Å². The predicted octanol–water partition coefficient (Wildman–Crippen LogP) is 1.91. The first-order chi connectivity index (χ1) is 8.56. The summed E-state index contributed by atoms with van der Waals surface area (Å²) in [5, 5.41) is 0.0605. The van der Waals surface area contributed by atoms with Gasteiger partial charge in [-0.1, -0.05) is 6.92 Å². The standard InChI is InChI=1S/C12H15NO4S/c1-8(6-11(14)16-2)18-9-4-5-13-10(7-9)12(15)17-3/h4-5,7-8H,6H2,1-3H3. The van der Waals surface area contributed by atoms with E-state index >= 15 is 0 Å². The summed E-state index contributed by atoms with van der Waals surface area (Å²) in [5.74, 6) is -0.727. The number of carbonyl (C=O) groups excluding carboxylic acids is 2. The van der Waals surface area contributed by atoms with Gasteiger partial charge in [0.25, 0.3) is 0 Å². The molecule has 0 aliphatic heterocycles. The van der Waals surface area contributed by atoms with Gasteiger partial charge in [-0.15, -0.1) is 11.8 Å². The van der Waals surface area contributed by atoms with Crippen molar-refractivity contribution in [1.82, 2.24) is 4.98 Å². The zero-order valence-electron chi connectivity index (χ0n) is 10.5. The van der Waals surface area contributed by atoms with Gasteiger partial charge in [0.1, 0.15) is 5.69 Å². The molecule has 1 atom stereocenters. The van der Waals surface area contributed by atoms with Gasteiger partial charge in [-0.05, 0) is 12.1 Å². The maximum atomic E-state index is 11.3. The lowest BCUT2D eigenvalue weighted by Crippen LogP contribution is -2.09. The summed E-state index contributed by atoms with van der Waals surface area (Å²) >= 11 is 1.48. The maximum absolute atomic E-state index is 11.3. The SMILES string of the molecule is COC(=O)CC(C)Sc1ccnc(C(=O)OC)c1. The number of nitrogens with zero attached hydrogens (tertiary/aromatic N) is 1. The number of pyridine rings is 1. The van der Waals surface area contributed by atoms with Gasteiger partial charge in [-0.3, -0.25) is 4.79 Å². The number of methoxy groups -OCH3 is 2. The Morgan fingerprint density at radius 3 is 2.72 bits per heavy atom. The fraction of sp³-hybridized carbons (Fsp3) is 0.417. The number of carbonyl (C=O) groups is 2. The van der Waals surface area contributed by atoms with E-state index in [0.717, 1.165) is 4.90 Å². The van der Waals surface area contributed by atoms with E-state index in [1.807, 2.05) is 6.92 Å². The van der Waals surface area contributed by atoms with Crippen LogP contribution in [0, 0.1) is 0 Å². The number of ether oxygens (including phenoxy) is 2. The number of hydrogen-bond donors (Lipinski definition) is 0. The highest BCUT2D eigenvalue weighted by Gasteiger charge is 2.13. The molecule has 5 nitrogen and oxygen atoms in total. The van der Waals surface area contributed by atoms with Crippen LogP contribution in [0.15, 0.2) is 23.2 Å². The summed E-state index contributed by atoms with van der Waals surface area (Å²) in [7, 11) is 2.67. The Morgan fingerprint density at radius 1 is 1.39 bits per heavy atom. The van der Waals surface area contributed by atoms with Crippen molar-refractivity contribution in [3.05, 3.63) is 24.0 Å². The summed E-state index contributed by atoms with van der Waals surface area (Å²) < 4.78 is 9.19. The first kappa shape index (κ1) is 14.5. The molecule has 6 heteroatoms. The fourth-order valence-electron chi connectivity index (χ4n) is 1.29. The molecule has 0 aliphatic carbocycles. The molecule has 1 heterocycles. The Bertz CT molecular complexity index is 436. The lowest BCUT2D eigenvalue weighted by Gasteiger charge is -2.09. The molecular weight excluding hydrogens is 254 g/mol. The molecule has 0 aliphatic rings. The molecule has 0 fully saturated rings. The molecule has 0 saturated carbocycles. The van der Waals surface area contributed by atoms with Crippen molar-refractivity contribution in [3.63, 3.8) is 0 Å². The Balaban J connectivity index is 2.67. The van der Waals surface area contributed by atoms with Crippen LogP contribution in [0.2, 0.25) is 0 Å². The molecule has 0 N–H and O–H groups in total. The van der Waals surface area contributed by atoms with Crippen LogP contribution in [0.4, 0.5) is 0 Å². The molecule has 0 amide bonds. The van der Waals surface area contributed by atoms with Crippen molar-refractivity contribution in [1.29, 1.82) is 0 Å². The Morgan fingerprint density at radius 2 is 2.11 bits per heavy atom. The van der Waals surface area contributed by atoms with E-state index in [4.69, 9.17) is 0 Å². The average Bonchev–Trinajstić information content (AvgIpc) is 2.37. The Labute approximate surface area is 110 Å². The molecule has 0 saturated heterocycles. The van der Waals surface area contributed by atoms with E-state index in [9.17, 15) is 9.59 Å². The topological polar surface area (TPSA) is 65.5 Å². The van der Waals surface area contributed by atoms with E-state index in [-0.39, 0.29) is 16.9 Å². The number of rotatable bonds is 5. The molecule has 98 valence electrons. The van der Waals surface area contributed by atoms with Crippen LogP contribution < -0.4 is 0 Å². The second kappa shape index (κ2) is 7.00. The van der Waals surface area contributed by atoms with Gasteiger partial charge in [0.15, 0.2) is 0 Å². The number of hydrogen-bond acceptors (Lipinski definition) is 6. The lowest BCUT2D eigenvalue weighted by atomic mass is 10.3. The highest BCUT2D eigenvalue weighted by molar-refractivity contribution is 8.00. The van der Waals surface area contributed by atoms with Crippen LogP contribution >= 0.6 is 11.8 Å². The van der Waals surface area contributed by atoms with Crippen LogP contribution in [-0.4, -0.2) is 36.4 Å². The lowest BCUT2D eigenvalue weighted by molar-refractivity contribution is -0.140. The summed E-state index contributed by atoms with van der Waals surface area (Å²) in [6, 6.07) is 3.43. The minimum atomic E-state index is -0.474. The molecule has 0 aromatic carbocycles. The Hall–Kier alpha value is -1.56. The molecule has 0 spiro atoms. The van der Waals surface area contributed by atoms with Crippen molar-refractivity contribution in [3.8, 4) is 0 Å². The number of esters is 2. The summed E-state index contributed by atoms with van der Waals surface area (Å²) in [5.41, 5.74) is 0.257.